The number of rotatable bonds is 2. The number of hydrogen-bond acceptors (Lipinski definition) is 3. The minimum Gasteiger partial charge on any atom is -0.478 e. The molecule has 0 saturated carbocycles. The highest BCUT2D eigenvalue weighted by Crippen LogP contribution is 2.19. The smallest absolute Gasteiger partial charge is 0.335 e. The summed E-state index contributed by atoms with van der Waals surface area (Å²) in [6, 6.07) is 2.88. The average Bonchev–Trinajstić information content (AvgIpc) is 2.30. The number of piperidine rings is 1. The van der Waals surface area contributed by atoms with Crippen LogP contribution in [-0.2, 0) is 0 Å². The number of carboxylic acid groups (broad SMARTS) is 1. The molecule has 1 N–H and O–H groups in total. The van der Waals surface area contributed by atoms with E-state index in [2.05, 4.69) is 11.9 Å². The maximum Gasteiger partial charge on any atom is 0.335 e. The van der Waals surface area contributed by atoms with E-state index in [1.807, 2.05) is 0 Å². The number of nitrogens with zero attached hydrogens (tertiary/aromatic N) is 2. The van der Waals surface area contributed by atoms with Crippen LogP contribution in [0, 0.1) is 0 Å². The molecule has 0 aromatic carbocycles. The fraction of sp³-hybridized carbons (Fsp3) is 0.500. The van der Waals surface area contributed by atoms with Gasteiger partial charge in [0.2, 0.25) is 0 Å². The van der Waals surface area contributed by atoms with Crippen LogP contribution >= 0.6 is 12.4 Å². The fourth-order valence-corrected chi connectivity index (χ4v) is 2.20. The maximum atomic E-state index is 11.8. The first kappa shape index (κ1) is 14.7. The monoisotopic (exact) mass is 272 g/mol. The summed E-state index contributed by atoms with van der Waals surface area (Å²) in [5.41, 5.74) is -0.168. The molecule has 1 saturated heterocycles. The van der Waals surface area contributed by atoms with Gasteiger partial charge in [-0.05, 0) is 39.0 Å². The molecule has 1 fully saturated rings. The summed E-state index contributed by atoms with van der Waals surface area (Å²) >= 11 is 0. The van der Waals surface area contributed by atoms with Gasteiger partial charge in [-0.25, -0.2) is 4.79 Å². The molecule has 0 atom stereocenters. The van der Waals surface area contributed by atoms with Crippen LogP contribution in [-0.4, -0.2) is 40.7 Å². The number of aromatic nitrogens is 1. The van der Waals surface area contributed by atoms with E-state index in [4.69, 9.17) is 5.11 Å². The average molecular weight is 273 g/mol. The van der Waals surface area contributed by atoms with Crippen molar-refractivity contribution < 1.29 is 9.90 Å². The van der Waals surface area contributed by atoms with Crippen LogP contribution in [0.3, 0.4) is 0 Å². The highest BCUT2D eigenvalue weighted by Gasteiger charge is 2.19. The van der Waals surface area contributed by atoms with Gasteiger partial charge in [-0.3, -0.25) is 4.79 Å². The lowest BCUT2D eigenvalue weighted by molar-refractivity contribution is 0.0696. The first-order valence-corrected chi connectivity index (χ1v) is 5.72. The molecule has 18 heavy (non-hydrogen) atoms. The quantitative estimate of drug-likeness (QED) is 0.880. The number of likely N-dealkylation sites (tertiary alicyclic amines) is 1. The molecule has 1 aliphatic rings. The Balaban J connectivity index is 0.00000162. The molecule has 0 bridgehead atoms. The molecule has 1 aliphatic heterocycles. The zero-order valence-corrected chi connectivity index (χ0v) is 11.0. The Morgan fingerprint density at radius 3 is 2.50 bits per heavy atom. The third kappa shape index (κ3) is 3.11. The molecule has 0 spiro atoms. The largest absolute Gasteiger partial charge is 0.478 e. The number of carboxylic acids is 1. The van der Waals surface area contributed by atoms with Crippen molar-refractivity contribution in [1.29, 1.82) is 0 Å². The van der Waals surface area contributed by atoms with Crippen molar-refractivity contribution in [1.82, 2.24) is 9.47 Å². The lowest BCUT2D eigenvalue weighted by atomic mass is 10.1. The molecule has 0 amide bonds. The topological polar surface area (TPSA) is 62.5 Å². The highest BCUT2D eigenvalue weighted by molar-refractivity contribution is 5.87. The van der Waals surface area contributed by atoms with E-state index >= 15 is 0 Å². The third-order valence-corrected chi connectivity index (χ3v) is 3.28. The second-order valence-electron chi connectivity index (χ2n) is 4.50. The van der Waals surface area contributed by atoms with Gasteiger partial charge in [0.25, 0.3) is 5.56 Å². The van der Waals surface area contributed by atoms with Gasteiger partial charge in [0.05, 0.1) is 5.56 Å². The second-order valence-corrected chi connectivity index (χ2v) is 4.50. The van der Waals surface area contributed by atoms with E-state index in [0.29, 0.717) is 0 Å². The maximum absolute atomic E-state index is 11.8. The van der Waals surface area contributed by atoms with Gasteiger partial charge in [-0.2, -0.15) is 0 Å². The van der Waals surface area contributed by atoms with Crippen LogP contribution < -0.4 is 5.56 Å². The summed E-state index contributed by atoms with van der Waals surface area (Å²) in [7, 11) is 2.06. The van der Waals surface area contributed by atoms with Crippen LogP contribution in [0.5, 0.6) is 0 Å². The lowest BCUT2D eigenvalue weighted by Crippen LogP contribution is -2.35. The predicted molar refractivity (Wildman–Crippen MR) is 70.7 cm³/mol. The number of hydrogen-bond donors (Lipinski definition) is 1. The van der Waals surface area contributed by atoms with Gasteiger partial charge in [0.15, 0.2) is 0 Å². The van der Waals surface area contributed by atoms with E-state index in [0.717, 1.165) is 25.9 Å². The molecule has 2 heterocycles. The van der Waals surface area contributed by atoms with Gasteiger partial charge >= 0.3 is 5.97 Å². The van der Waals surface area contributed by atoms with Crippen molar-refractivity contribution in [2.24, 2.45) is 0 Å². The summed E-state index contributed by atoms with van der Waals surface area (Å²) < 4.78 is 1.65. The zero-order chi connectivity index (χ0) is 12.4. The Kier molecular flexibility index (Phi) is 4.93. The minimum atomic E-state index is -1.06. The zero-order valence-electron chi connectivity index (χ0n) is 10.2. The number of aromatic carboxylic acids is 1. The summed E-state index contributed by atoms with van der Waals surface area (Å²) in [5, 5.41) is 8.79. The lowest BCUT2D eigenvalue weighted by Gasteiger charge is -2.30. The van der Waals surface area contributed by atoms with Crippen LogP contribution in [0.25, 0.3) is 0 Å². The Morgan fingerprint density at radius 1 is 1.39 bits per heavy atom. The standard InChI is InChI=1S/C12H16N2O3.ClH/c1-13-5-3-10(4-6-13)14-7-2-9(12(16)17)8-11(14)15;/h2,7-8,10H,3-6H2,1H3,(H,16,17);1H. The summed E-state index contributed by atoms with van der Waals surface area (Å²) in [6.45, 7) is 1.94. The van der Waals surface area contributed by atoms with Gasteiger partial charge in [-0.1, -0.05) is 0 Å². The van der Waals surface area contributed by atoms with E-state index in [1.54, 1.807) is 10.8 Å². The number of carbonyl (C=O) groups is 1. The Bertz CT molecular complexity index is 478. The molecule has 1 aromatic rings. The van der Waals surface area contributed by atoms with Crippen LogP contribution in [0.1, 0.15) is 29.2 Å². The van der Waals surface area contributed by atoms with Crippen molar-refractivity contribution in [3.05, 3.63) is 34.2 Å². The Hall–Kier alpha value is -1.33. The van der Waals surface area contributed by atoms with Crippen molar-refractivity contribution >= 4 is 18.4 Å². The number of halogens is 1. The predicted octanol–water partition coefficient (Wildman–Crippen LogP) is 1.24. The third-order valence-electron chi connectivity index (χ3n) is 3.28. The SMILES string of the molecule is CN1CCC(n2ccc(C(=O)O)cc2=O)CC1.Cl. The molecule has 0 unspecified atom stereocenters. The molecule has 5 nitrogen and oxygen atoms in total. The first-order chi connectivity index (χ1) is 8.08. The normalized spacial score (nSPS) is 17.2. The highest BCUT2D eigenvalue weighted by atomic mass is 35.5. The van der Waals surface area contributed by atoms with Crippen LogP contribution in [0.2, 0.25) is 0 Å². The van der Waals surface area contributed by atoms with Gasteiger partial charge in [0.1, 0.15) is 0 Å². The molecule has 6 heteroatoms. The van der Waals surface area contributed by atoms with Crippen LogP contribution in [0.4, 0.5) is 0 Å². The van der Waals surface area contributed by atoms with Crippen molar-refractivity contribution in [3.8, 4) is 0 Å². The van der Waals surface area contributed by atoms with Gasteiger partial charge in [-0.15, -0.1) is 12.4 Å². The number of pyridine rings is 1. The Labute approximate surface area is 111 Å². The fourth-order valence-electron chi connectivity index (χ4n) is 2.20. The van der Waals surface area contributed by atoms with E-state index in [-0.39, 0.29) is 29.6 Å². The molecule has 2 rings (SSSR count). The van der Waals surface area contributed by atoms with Gasteiger partial charge in [0, 0.05) is 18.3 Å². The first-order valence-electron chi connectivity index (χ1n) is 5.72. The Morgan fingerprint density at radius 2 is 2.00 bits per heavy atom. The molecule has 100 valence electrons. The molecular weight excluding hydrogens is 256 g/mol. The molecule has 0 aliphatic carbocycles. The molecular formula is C12H17ClN2O3. The second kappa shape index (κ2) is 6.02. The van der Waals surface area contributed by atoms with E-state index in [9.17, 15) is 9.59 Å². The van der Waals surface area contributed by atoms with Crippen LogP contribution in [0.15, 0.2) is 23.1 Å². The van der Waals surface area contributed by atoms with Crippen molar-refractivity contribution in [3.63, 3.8) is 0 Å². The van der Waals surface area contributed by atoms with Crippen molar-refractivity contribution in [2.75, 3.05) is 20.1 Å². The molecule has 0 radical (unpaired) electrons. The van der Waals surface area contributed by atoms with Crippen molar-refractivity contribution in [2.45, 2.75) is 18.9 Å². The molecule has 1 aromatic heterocycles. The summed E-state index contributed by atoms with van der Waals surface area (Å²) in [5.74, 6) is -1.06. The summed E-state index contributed by atoms with van der Waals surface area (Å²) in [4.78, 5) is 24.8. The van der Waals surface area contributed by atoms with Gasteiger partial charge < -0.3 is 14.6 Å². The van der Waals surface area contributed by atoms with E-state index < -0.39 is 5.97 Å². The summed E-state index contributed by atoms with van der Waals surface area (Å²) in [6.07, 6.45) is 3.47. The van der Waals surface area contributed by atoms with E-state index in [1.165, 1.54) is 12.1 Å². The minimum absolute atomic E-state index is 0.